The van der Waals surface area contributed by atoms with Crippen LogP contribution in [0.25, 0.3) is 5.76 Å². The molecule has 0 N–H and O–H groups in total. The van der Waals surface area contributed by atoms with Crippen LogP contribution in [0.1, 0.15) is 5.56 Å². The lowest BCUT2D eigenvalue weighted by Crippen LogP contribution is -1.97. The third-order valence-electron chi connectivity index (χ3n) is 1.91. The van der Waals surface area contributed by atoms with Gasteiger partial charge in [-0.25, -0.2) is 8.78 Å². The van der Waals surface area contributed by atoms with E-state index in [9.17, 15) is 8.78 Å². The highest BCUT2D eigenvalue weighted by atomic mass is 35.5. The van der Waals surface area contributed by atoms with Crippen LogP contribution < -0.4 is 0 Å². The van der Waals surface area contributed by atoms with Crippen molar-refractivity contribution in [1.82, 2.24) is 0 Å². The highest BCUT2D eigenvalue weighted by molar-refractivity contribution is 6.30. The highest BCUT2D eigenvalue weighted by Gasteiger charge is 2.17. The lowest BCUT2D eigenvalue weighted by molar-refractivity contribution is 0.365. The van der Waals surface area contributed by atoms with E-state index in [2.05, 4.69) is 0 Å². The molecule has 86 valence electrons. The van der Waals surface area contributed by atoms with E-state index < -0.39 is 22.2 Å². The maximum Gasteiger partial charge on any atom is 0.172 e. The Bertz CT molecular complexity index is 554. The van der Waals surface area contributed by atoms with Gasteiger partial charge in [-0.15, -0.1) is 0 Å². The van der Waals surface area contributed by atoms with Gasteiger partial charge in [0.05, 0.1) is 17.7 Å². The molecule has 0 saturated carbocycles. The molecule has 0 aromatic heterocycles. The van der Waals surface area contributed by atoms with Crippen molar-refractivity contribution in [2.75, 3.05) is 7.11 Å². The standard InChI is InChI=1S/C11H5ClF2N2O/c1-17-11(6(4-15)5-16)7-2-10(14)8(12)3-9(7)13/h2-3H,1H3. The number of nitriles is 2. The van der Waals surface area contributed by atoms with Gasteiger partial charge in [-0.1, -0.05) is 11.6 Å². The van der Waals surface area contributed by atoms with E-state index in [4.69, 9.17) is 26.9 Å². The summed E-state index contributed by atoms with van der Waals surface area (Å²) in [5.74, 6) is -2.08. The number of hydrogen-bond donors (Lipinski definition) is 0. The van der Waals surface area contributed by atoms with Gasteiger partial charge in [0, 0.05) is 0 Å². The average molecular weight is 255 g/mol. The van der Waals surface area contributed by atoms with Crippen molar-refractivity contribution >= 4 is 17.4 Å². The van der Waals surface area contributed by atoms with Crippen molar-refractivity contribution in [2.45, 2.75) is 0 Å². The Morgan fingerprint density at radius 1 is 1.24 bits per heavy atom. The van der Waals surface area contributed by atoms with Crippen molar-refractivity contribution in [2.24, 2.45) is 0 Å². The van der Waals surface area contributed by atoms with Gasteiger partial charge < -0.3 is 4.74 Å². The second kappa shape index (κ2) is 5.29. The summed E-state index contributed by atoms with van der Waals surface area (Å²) in [5.41, 5.74) is -0.777. The van der Waals surface area contributed by atoms with Gasteiger partial charge in [-0.05, 0) is 12.1 Å². The first kappa shape index (κ1) is 13.0. The Hall–Kier alpha value is -2.11. The fraction of sp³-hybridized carbons (Fsp3) is 0.0909. The Labute approximate surface area is 101 Å². The van der Waals surface area contributed by atoms with E-state index in [1.54, 1.807) is 0 Å². The molecule has 3 nitrogen and oxygen atoms in total. The van der Waals surface area contributed by atoms with E-state index in [1.807, 2.05) is 0 Å². The third kappa shape index (κ3) is 2.52. The molecule has 17 heavy (non-hydrogen) atoms. The maximum absolute atomic E-state index is 13.5. The van der Waals surface area contributed by atoms with Crippen LogP contribution in [0, 0.1) is 34.3 Å². The molecule has 0 radical (unpaired) electrons. The minimum Gasteiger partial charge on any atom is -0.494 e. The van der Waals surface area contributed by atoms with Crippen LogP contribution in [0.2, 0.25) is 5.02 Å². The Balaban J connectivity index is 3.54. The normalized spacial score (nSPS) is 9.06. The maximum atomic E-state index is 13.5. The summed E-state index contributed by atoms with van der Waals surface area (Å²) in [6.07, 6.45) is 0. The van der Waals surface area contributed by atoms with Crippen LogP contribution >= 0.6 is 11.6 Å². The largest absolute Gasteiger partial charge is 0.494 e. The first-order chi connectivity index (χ1) is 8.04. The molecule has 0 saturated heterocycles. The fourth-order valence-corrected chi connectivity index (χ4v) is 1.32. The number of rotatable bonds is 2. The van der Waals surface area contributed by atoms with Crippen LogP contribution in [-0.4, -0.2) is 7.11 Å². The molecule has 1 aromatic carbocycles. The molecule has 1 rings (SSSR count). The molecular weight excluding hydrogens is 250 g/mol. The average Bonchev–Trinajstić information content (AvgIpc) is 2.31. The van der Waals surface area contributed by atoms with Gasteiger partial charge in [0.1, 0.15) is 23.8 Å². The fourth-order valence-electron chi connectivity index (χ4n) is 1.17. The van der Waals surface area contributed by atoms with Gasteiger partial charge in [-0.2, -0.15) is 10.5 Å². The zero-order chi connectivity index (χ0) is 13.0. The zero-order valence-corrected chi connectivity index (χ0v) is 9.35. The Morgan fingerprint density at radius 3 is 2.29 bits per heavy atom. The molecule has 0 fully saturated rings. The van der Waals surface area contributed by atoms with Crippen LogP contribution in [-0.2, 0) is 4.74 Å². The molecule has 1 aromatic rings. The molecule has 6 heteroatoms. The predicted molar refractivity (Wildman–Crippen MR) is 56.5 cm³/mol. The Kier molecular flexibility index (Phi) is 4.03. The number of halogens is 3. The van der Waals surface area contributed by atoms with E-state index >= 15 is 0 Å². The lowest BCUT2D eigenvalue weighted by Gasteiger charge is -2.08. The van der Waals surface area contributed by atoms with E-state index in [0.717, 1.165) is 19.2 Å². The summed E-state index contributed by atoms with van der Waals surface area (Å²) in [4.78, 5) is 0. The lowest BCUT2D eigenvalue weighted by atomic mass is 10.1. The van der Waals surface area contributed by atoms with E-state index in [0.29, 0.717) is 0 Å². The number of benzene rings is 1. The summed E-state index contributed by atoms with van der Waals surface area (Å²) >= 11 is 5.38. The smallest absolute Gasteiger partial charge is 0.172 e. The van der Waals surface area contributed by atoms with Crippen molar-refractivity contribution in [3.8, 4) is 12.1 Å². The first-order valence-corrected chi connectivity index (χ1v) is 4.66. The number of ether oxygens (including phenoxy) is 1. The summed E-state index contributed by atoms with van der Waals surface area (Å²) in [6, 6.07) is 4.58. The van der Waals surface area contributed by atoms with Crippen LogP contribution in [0.3, 0.4) is 0 Å². The summed E-state index contributed by atoms with van der Waals surface area (Å²) < 4.78 is 31.4. The van der Waals surface area contributed by atoms with Gasteiger partial charge in [0.2, 0.25) is 0 Å². The predicted octanol–water partition coefficient (Wildman–Crippen LogP) is 3.02. The molecule has 0 unspecified atom stereocenters. The van der Waals surface area contributed by atoms with Gasteiger partial charge in [0.15, 0.2) is 11.3 Å². The minimum atomic E-state index is -0.878. The van der Waals surface area contributed by atoms with Crippen molar-refractivity contribution in [3.63, 3.8) is 0 Å². The van der Waals surface area contributed by atoms with Crippen molar-refractivity contribution in [3.05, 3.63) is 39.9 Å². The summed E-state index contributed by atoms with van der Waals surface area (Å²) in [5, 5.41) is 16.9. The topological polar surface area (TPSA) is 56.8 Å². The highest BCUT2D eigenvalue weighted by Crippen LogP contribution is 2.26. The van der Waals surface area contributed by atoms with Crippen LogP contribution in [0.4, 0.5) is 8.78 Å². The molecule has 0 aliphatic rings. The first-order valence-electron chi connectivity index (χ1n) is 4.28. The molecule has 0 spiro atoms. The van der Waals surface area contributed by atoms with E-state index in [-0.39, 0.29) is 11.3 Å². The van der Waals surface area contributed by atoms with E-state index in [1.165, 1.54) is 12.1 Å². The van der Waals surface area contributed by atoms with Crippen molar-refractivity contribution in [1.29, 1.82) is 10.5 Å². The van der Waals surface area contributed by atoms with Gasteiger partial charge in [0.25, 0.3) is 0 Å². The number of allylic oxidation sites excluding steroid dienone is 1. The Morgan fingerprint density at radius 2 is 1.82 bits per heavy atom. The quantitative estimate of drug-likeness (QED) is 0.463. The summed E-state index contributed by atoms with van der Waals surface area (Å²) in [7, 11) is 1.15. The second-order valence-corrected chi connectivity index (χ2v) is 3.29. The number of hydrogen-bond acceptors (Lipinski definition) is 3. The zero-order valence-electron chi connectivity index (χ0n) is 8.59. The molecule has 0 atom stereocenters. The SMILES string of the molecule is COC(=C(C#N)C#N)c1cc(F)c(Cl)cc1F. The summed E-state index contributed by atoms with van der Waals surface area (Å²) in [6.45, 7) is 0. The second-order valence-electron chi connectivity index (χ2n) is 2.88. The molecule has 0 amide bonds. The van der Waals surface area contributed by atoms with Gasteiger partial charge in [-0.3, -0.25) is 0 Å². The molecule has 0 heterocycles. The number of methoxy groups -OCH3 is 1. The monoisotopic (exact) mass is 254 g/mol. The minimum absolute atomic E-state index is 0.326. The number of nitrogens with zero attached hydrogens (tertiary/aromatic N) is 2. The van der Waals surface area contributed by atoms with Gasteiger partial charge >= 0.3 is 0 Å². The molecule has 0 aliphatic heterocycles. The molecular formula is C11H5ClF2N2O. The third-order valence-corrected chi connectivity index (χ3v) is 2.20. The molecule has 0 aliphatic carbocycles. The van der Waals surface area contributed by atoms with Crippen LogP contribution in [0.5, 0.6) is 0 Å². The molecule has 0 bridgehead atoms. The van der Waals surface area contributed by atoms with Crippen molar-refractivity contribution < 1.29 is 13.5 Å². The van der Waals surface area contributed by atoms with Crippen LogP contribution in [0.15, 0.2) is 17.7 Å².